The molecule has 0 heterocycles. The summed E-state index contributed by atoms with van der Waals surface area (Å²) in [5, 5.41) is 6.81. The molecule has 2 N–H and O–H groups in total. The maximum atomic E-state index is 5.35. The van der Waals surface area contributed by atoms with Gasteiger partial charge in [-0.1, -0.05) is 38.1 Å². The molecule has 4 nitrogen and oxygen atoms in total. The van der Waals surface area contributed by atoms with Gasteiger partial charge in [0.25, 0.3) is 0 Å². The highest BCUT2D eigenvalue weighted by Gasteiger charge is 2.22. The van der Waals surface area contributed by atoms with Gasteiger partial charge in [0, 0.05) is 38.8 Å². The summed E-state index contributed by atoms with van der Waals surface area (Å²) >= 11 is 0. The number of unbranched alkanes of at least 4 members (excludes halogenated alkanes) is 1. The standard InChI is InChI=1S/C19H33N3O.HI/c1-6-23-14-10-9-13-21-18(20-5)22-15-19(3,4)17-12-8-7-11-16(17)2;/h7-8,11-12H,6,9-10,13-15H2,1-5H3,(H2,20,21,22);1H. The predicted molar refractivity (Wildman–Crippen MR) is 115 cm³/mol. The average molecular weight is 447 g/mol. The van der Waals surface area contributed by atoms with E-state index < -0.39 is 0 Å². The lowest BCUT2D eigenvalue weighted by Crippen LogP contribution is -2.43. The van der Waals surface area contributed by atoms with Crippen molar-refractivity contribution < 1.29 is 4.74 Å². The third-order valence-corrected chi connectivity index (χ3v) is 4.01. The number of guanidine groups is 1. The first-order valence-electron chi connectivity index (χ1n) is 8.59. The molecule has 24 heavy (non-hydrogen) atoms. The summed E-state index contributed by atoms with van der Waals surface area (Å²) in [6.07, 6.45) is 2.16. The smallest absolute Gasteiger partial charge is 0.191 e. The van der Waals surface area contributed by atoms with Crippen molar-refractivity contribution in [2.75, 3.05) is 33.4 Å². The molecule has 1 aromatic carbocycles. The van der Waals surface area contributed by atoms with Crippen LogP contribution in [-0.2, 0) is 10.2 Å². The van der Waals surface area contributed by atoms with Gasteiger partial charge in [-0.05, 0) is 37.8 Å². The van der Waals surface area contributed by atoms with Crippen LogP contribution in [0.3, 0.4) is 0 Å². The van der Waals surface area contributed by atoms with Gasteiger partial charge >= 0.3 is 0 Å². The number of hydrogen-bond acceptors (Lipinski definition) is 2. The fraction of sp³-hybridized carbons (Fsp3) is 0.632. The molecule has 0 atom stereocenters. The highest BCUT2D eigenvalue weighted by atomic mass is 127. The Labute approximate surface area is 164 Å². The molecule has 0 aliphatic rings. The van der Waals surface area contributed by atoms with Gasteiger partial charge in [0.15, 0.2) is 5.96 Å². The first-order valence-corrected chi connectivity index (χ1v) is 8.59. The van der Waals surface area contributed by atoms with Crippen molar-refractivity contribution in [1.82, 2.24) is 10.6 Å². The highest BCUT2D eigenvalue weighted by molar-refractivity contribution is 14.0. The maximum Gasteiger partial charge on any atom is 0.191 e. The lowest BCUT2D eigenvalue weighted by Gasteiger charge is -2.28. The van der Waals surface area contributed by atoms with Gasteiger partial charge in [-0.25, -0.2) is 0 Å². The van der Waals surface area contributed by atoms with Crippen LogP contribution in [0.15, 0.2) is 29.3 Å². The molecule has 0 unspecified atom stereocenters. The Morgan fingerprint density at radius 1 is 1.17 bits per heavy atom. The normalized spacial score (nSPS) is 11.8. The summed E-state index contributed by atoms with van der Waals surface area (Å²) in [6.45, 7) is 12.1. The van der Waals surface area contributed by atoms with E-state index in [4.69, 9.17) is 4.74 Å². The van der Waals surface area contributed by atoms with Crippen molar-refractivity contribution >= 4 is 29.9 Å². The van der Waals surface area contributed by atoms with E-state index in [1.54, 1.807) is 0 Å². The van der Waals surface area contributed by atoms with Crippen LogP contribution in [0.4, 0.5) is 0 Å². The quantitative estimate of drug-likeness (QED) is 0.262. The topological polar surface area (TPSA) is 45.6 Å². The zero-order valence-corrected chi connectivity index (χ0v) is 18.1. The molecule has 138 valence electrons. The monoisotopic (exact) mass is 447 g/mol. The second-order valence-electron chi connectivity index (χ2n) is 6.46. The lowest BCUT2D eigenvalue weighted by molar-refractivity contribution is 0.143. The maximum absolute atomic E-state index is 5.35. The van der Waals surface area contributed by atoms with E-state index in [1.807, 2.05) is 14.0 Å². The number of aryl methyl sites for hydroxylation is 1. The zero-order chi connectivity index (χ0) is 17.1. The molecule has 0 saturated carbocycles. The van der Waals surface area contributed by atoms with Crippen molar-refractivity contribution in [3.8, 4) is 0 Å². The van der Waals surface area contributed by atoms with Crippen molar-refractivity contribution in [3.05, 3.63) is 35.4 Å². The van der Waals surface area contributed by atoms with Crippen LogP contribution in [0, 0.1) is 6.92 Å². The minimum atomic E-state index is 0. The number of nitrogens with one attached hydrogen (secondary N) is 2. The molecule has 0 amide bonds. The van der Waals surface area contributed by atoms with E-state index >= 15 is 0 Å². The van der Waals surface area contributed by atoms with E-state index in [9.17, 15) is 0 Å². The van der Waals surface area contributed by atoms with Gasteiger partial charge in [0.1, 0.15) is 0 Å². The van der Waals surface area contributed by atoms with Gasteiger partial charge in [0.05, 0.1) is 0 Å². The number of halogens is 1. The Morgan fingerprint density at radius 3 is 2.50 bits per heavy atom. The fourth-order valence-corrected chi connectivity index (χ4v) is 2.63. The van der Waals surface area contributed by atoms with Gasteiger partial charge < -0.3 is 15.4 Å². The third-order valence-electron chi connectivity index (χ3n) is 4.01. The predicted octanol–water partition coefficient (Wildman–Crippen LogP) is 3.87. The van der Waals surface area contributed by atoms with Crippen LogP contribution < -0.4 is 10.6 Å². The molecular formula is C19H34IN3O. The van der Waals surface area contributed by atoms with Crippen molar-refractivity contribution in [1.29, 1.82) is 0 Å². The zero-order valence-electron chi connectivity index (χ0n) is 15.8. The summed E-state index contributed by atoms with van der Waals surface area (Å²) in [5.74, 6) is 0.864. The number of aliphatic imine (C=N–C) groups is 1. The third kappa shape index (κ3) is 8.33. The molecule has 0 spiro atoms. The Hall–Kier alpha value is -0.820. The molecule has 1 rings (SSSR count). The molecular weight excluding hydrogens is 413 g/mol. The number of nitrogens with zero attached hydrogens (tertiary/aromatic N) is 1. The van der Waals surface area contributed by atoms with Crippen LogP contribution in [0.5, 0.6) is 0 Å². The van der Waals surface area contributed by atoms with Gasteiger partial charge in [-0.2, -0.15) is 0 Å². The van der Waals surface area contributed by atoms with E-state index in [1.165, 1.54) is 11.1 Å². The molecule has 0 radical (unpaired) electrons. The number of benzene rings is 1. The van der Waals surface area contributed by atoms with Gasteiger partial charge in [0.2, 0.25) is 0 Å². The van der Waals surface area contributed by atoms with E-state index in [-0.39, 0.29) is 29.4 Å². The van der Waals surface area contributed by atoms with Crippen LogP contribution >= 0.6 is 24.0 Å². The number of ether oxygens (including phenoxy) is 1. The van der Waals surface area contributed by atoms with Crippen LogP contribution in [-0.4, -0.2) is 39.3 Å². The minimum Gasteiger partial charge on any atom is -0.382 e. The average Bonchev–Trinajstić information content (AvgIpc) is 2.53. The Morgan fingerprint density at radius 2 is 1.88 bits per heavy atom. The fourth-order valence-electron chi connectivity index (χ4n) is 2.63. The second kappa shape index (κ2) is 12.5. The summed E-state index contributed by atoms with van der Waals surface area (Å²) in [6, 6.07) is 8.57. The van der Waals surface area contributed by atoms with E-state index in [0.717, 1.165) is 45.1 Å². The van der Waals surface area contributed by atoms with Crippen molar-refractivity contribution in [2.24, 2.45) is 4.99 Å². The van der Waals surface area contributed by atoms with E-state index in [2.05, 4.69) is 60.7 Å². The van der Waals surface area contributed by atoms with Crippen LogP contribution in [0.25, 0.3) is 0 Å². The number of rotatable bonds is 9. The first-order chi connectivity index (χ1) is 11.0. The SMILES string of the molecule is CCOCCCCNC(=NC)NCC(C)(C)c1ccccc1C.I. The van der Waals surface area contributed by atoms with Crippen molar-refractivity contribution in [2.45, 2.75) is 46.0 Å². The summed E-state index contributed by atoms with van der Waals surface area (Å²) in [7, 11) is 1.82. The van der Waals surface area contributed by atoms with Crippen LogP contribution in [0.1, 0.15) is 44.7 Å². The van der Waals surface area contributed by atoms with Gasteiger partial charge in [-0.15, -0.1) is 24.0 Å². The highest BCUT2D eigenvalue weighted by Crippen LogP contribution is 2.25. The second-order valence-corrected chi connectivity index (χ2v) is 6.46. The summed E-state index contributed by atoms with van der Waals surface area (Å²) in [5.41, 5.74) is 2.76. The molecule has 5 heteroatoms. The summed E-state index contributed by atoms with van der Waals surface area (Å²) < 4.78 is 5.35. The van der Waals surface area contributed by atoms with Crippen molar-refractivity contribution in [3.63, 3.8) is 0 Å². The largest absolute Gasteiger partial charge is 0.382 e. The lowest BCUT2D eigenvalue weighted by atomic mass is 9.82. The Kier molecular flexibility index (Phi) is 12.1. The van der Waals surface area contributed by atoms with E-state index in [0.29, 0.717) is 0 Å². The molecule has 0 bridgehead atoms. The molecule has 0 aromatic heterocycles. The summed E-state index contributed by atoms with van der Waals surface area (Å²) in [4.78, 5) is 4.30. The Balaban J connectivity index is 0.00000529. The van der Waals surface area contributed by atoms with Crippen LogP contribution in [0.2, 0.25) is 0 Å². The molecule has 0 aliphatic carbocycles. The minimum absolute atomic E-state index is 0. The molecule has 0 fully saturated rings. The number of hydrogen-bond donors (Lipinski definition) is 2. The molecule has 1 aromatic rings. The Bertz CT molecular complexity index is 489. The molecule has 0 saturated heterocycles. The molecule has 0 aliphatic heterocycles. The van der Waals surface area contributed by atoms with Gasteiger partial charge in [-0.3, -0.25) is 4.99 Å². The first kappa shape index (κ1) is 23.2.